The molecule has 118 valence electrons. The van der Waals surface area contributed by atoms with Gasteiger partial charge >= 0.3 is 0 Å². The van der Waals surface area contributed by atoms with Crippen molar-refractivity contribution in [2.24, 2.45) is 4.99 Å². The average molecular weight is 316 g/mol. The van der Waals surface area contributed by atoms with Crippen LogP contribution in [-0.4, -0.2) is 22.3 Å². The molecule has 0 radical (unpaired) electrons. The van der Waals surface area contributed by atoms with Gasteiger partial charge in [-0.25, -0.2) is 4.99 Å². The summed E-state index contributed by atoms with van der Waals surface area (Å²) in [5.41, 5.74) is 4.00. The Kier molecular flexibility index (Phi) is 3.67. The number of hydrogen-bond acceptors (Lipinski definition) is 3. The summed E-state index contributed by atoms with van der Waals surface area (Å²) in [6, 6.07) is 19.7. The number of anilines is 1. The van der Waals surface area contributed by atoms with Gasteiger partial charge in [0.1, 0.15) is 5.92 Å². The van der Waals surface area contributed by atoms with Gasteiger partial charge in [0, 0.05) is 30.1 Å². The number of H-pyrrole nitrogens is 1. The van der Waals surface area contributed by atoms with Crippen molar-refractivity contribution in [1.29, 1.82) is 0 Å². The first-order valence-electron chi connectivity index (χ1n) is 7.82. The number of aliphatic imine (C=N–C) groups is 1. The Morgan fingerprint density at radius 1 is 1.08 bits per heavy atom. The molecule has 1 unspecified atom stereocenters. The lowest BCUT2D eigenvalue weighted by molar-refractivity contribution is -0.115. The normalized spacial score (nSPS) is 16.3. The number of aromatic nitrogens is 2. The van der Waals surface area contributed by atoms with Crippen molar-refractivity contribution in [2.75, 3.05) is 5.32 Å². The van der Waals surface area contributed by atoms with Gasteiger partial charge in [0.25, 0.3) is 0 Å². The average Bonchev–Trinajstić information content (AvgIpc) is 3.17. The molecule has 0 aliphatic carbocycles. The Balaban J connectivity index is 1.50. The standard InChI is InChI=1S/C19H16N4O/c24-19-16(15-8-4-5-9-17(15)21-19)12-20-18-11-14(22-23-18)10-13-6-2-1-3-7-13/h1-9,11-12,16H,10H2,(H,21,24)(H,22,23). The Hall–Kier alpha value is -3.21. The van der Waals surface area contributed by atoms with Crippen molar-refractivity contribution in [3.05, 3.63) is 77.5 Å². The van der Waals surface area contributed by atoms with E-state index in [1.54, 1.807) is 6.21 Å². The number of nitrogens with one attached hydrogen (secondary N) is 2. The van der Waals surface area contributed by atoms with E-state index in [9.17, 15) is 4.79 Å². The minimum atomic E-state index is -0.365. The molecular weight excluding hydrogens is 300 g/mol. The molecule has 5 heteroatoms. The summed E-state index contributed by atoms with van der Waals surface area (Å²) in [7, 11) is 0. The fourth-order valence-electron chi connectivity index (χ4n) is 2.85. The summed E-state index contributed by atoms with van der Waals surface area (Å²) in [6.45, 7) is 0. The lowest BCUT2D eigenvalue weighted by Gasteiger charge is -2.00. The first-order chi connectivity index (χ1) is 11.8. The molecule has 24 heavy (non-hydrogen) atoms. The highest BCUT2D eigenvalue weighted by molar-refractivity contribution is 6.12. The molecule has 1 aliphatic rings. The number of nitrogens with zero attached hydrogens (tertiary/aromatic N) is 2. The minimum Gasteiger partial charge on any atom is -0.325 e. The smallest absolute Gasteiger partial charge is 0.237 e. The predicted octanol–water partition coefficient (Wildman–Crippen LogP) is 3.44. The molecule has 1 atom stereocenters. The van der Waals surface area contributed by atoms with Crippen LogP contribution in [0.1, 0.15) is 22.7 Å². The highest BCUT2D eigenvalue weighted by Crippen LogP contribution is 2.31. The van der Waals surface area contributed by atoms with Gasteiger partial charge in [-0.1, -0.05) is 48.5 Å². The van der Waals surface area contributed by atoms with Gasteiger partial charge in [0.2, 0.25) is 5.91 Å². The maximum absolute atomic E-state index is 12.1. The molecular formula is C19H16N4O. The zero-order chi connectivity index (χ0) is 16.4. The van der Waals surface area contributed by atoms with Gasteiger partial charge in [-0.15, -0.1) is 0 Å². The molecule has 5 nitrogen and oxygen atoms in total. The van der Waals surface area contributed by atoms with Gasteiger partial charge in [-0.3, -0.25) is 9.89 Å². The Bertz CT molecular complexity index is 898. The van der Waals surface area contributed by atoms with Crippen molar-refractivity contribution >= 4 is 23.6 Å². The quantitative estimate of drug-likeness (QED) is 0.724. The van der Waals surface area contributed by atoms with Crippen molar-refractivity contribution < 1.29 is 4.79 Å². The molecule has 4 rings (SSSR count). The molecule has 1 aliphatic heterocycles. The topological polar surface area (TPSA) is 70.1 Å². The summed E-state index contributed by atoms with van der Waals surface area (Å²) < 4.78 is 0. The third kappa shape index (κ3) is 2.84. The maximum Gasteiger partial charge on any atom is 0.237 e. The first-order valence-corrected chi connectivity index (χ1v) is 7.82. The third-order valence-corrected chi connectivity index (χ3v) is 4.05. The second-order valence-electron chi connectivity index (χ2n) is 5.75. The SMILES string of the molecule is O=C1Nc2ccccc2C1C=Nc1cc(Cc2ccccc2)[nH]n1. The zero-order valence-electron chi connectivity index (χ0n) is 12.9. The highest BCUT2D eigenvalue weighted by Gasteiger charge is 2.28. The lowest BCUT2D eigenvalue weighted by Crippen LogP contribution is -2.12. The number of benzene rings is 2. The maximum atomic E-state index is 12.1. The van der Waals surface area contributed by atoms with Crippen LogP contribution < -0.4 is 5.32 Å². The van der Waals surface area contributed by atoms with Crippen LogP contribution in [-0.2, 0) is 11.2 Å². The van der Waals surface area contributed by atoms with Crippen molar-refractivity contribution in [1.82, 2.24) is 10.2 Å². The summed E-state index contributed by atoms with van der Waals surface area (Å²) in [5, 5.41) is 10.1. The van der Waals surface area contributed by atoms with E-state index < -0.39 is 0 Å². The molecule has 1 amide bonds. The van der Waals surface area contributed by atoms with Gasteiger partial charge in [-0.05, 0) is 17.2 Å². The number of amides is 1. The van der Waals surface area contributed by atoms with E-state index in [1.807, 2.05) is 48.5 Å². The number of hydrogen-bond donors (Lipinski definition) is 2. The summed E-state index contributed by atoms with van der Waals surface area (Å²) in [4.78, 5) is 16.4. The van der Waals surface area contributed by atoms with E-state index in [0.717, 1.165) is 23.4 Å². The van der Waals surface area contributed by atoms with Crippen molar-refractivity contribution in [3.63, 3.8) is 0 Å². The van der Waals surface area contributed by atoms with E-state index in [4.69, 9.17) is 0 Å². The molecule has 1 aromatic heterocycles. The number of para-hydroxylation sites is 1. The molecule has 0 spiro atoms. The molecule has 0 fully saturated rings. The van der Waals surface area contributed by atoms with Gasteiger partial charge in [0.15, 0.2) is 5.82 Å². The molecule has 0 saturated heterocycles. The second-order valence-corrected chi connectivity index (χ2v) is 5.75. The van der Waals surface area contributed by atoms with Crippen LogP contribution in [0.5, 0.6) is 0 Å². The monoisotopic (exact) mass is 316 g/mol. The number of aromatic amines is 1. The second kappa shape index (κ2) is 6.12. The van der Waals surface area contributed by atoms with Crippen LogP contribution in [0.4, 0.5) is 11.5 Å². The van der Waals surface area contributed by atoms with Crippen LogP contribution in [0, 0.1) is 0 Å². The van der Waals surface area contributed by atoms with Crippen molar-refractivity contribution in [3.8, 4) is 0 Å². The number of fused-ring (bicyclic) bond motifs is 1. The predicted molar refractivity (Wildman–Crippen MR) is 93.8 cm³/mol. The van der Waals surface area contributed by atoms with E-state index in [2.05, 4.69) is 32.6 Å². The number of rotatable bonds is 4. The van der Waals surface area contributed by atoms with Crippen LogP contribution in [0.25, 0.3) is 0 Å². The number of carbonyl (C=O) groups excluding carboxylic acids is 1. The Morgan fingerprint density at radius 3 is 2.75 bits per heavy atom. The molecule has 2 N–H and O–H groups in total. The zero-order valence-corrected chi connectivity index (χ0v) is 12.9. The fraction of sp³-hybridized carbons (Fsp3) is 0.105. The summed E-state index contributed by atoms with van der Waals surface area (Å²) >= 11 is 0. The molecule has 3 aromatic rings. The summed E-state index contributed by atoms with van der Waals surface area (Å²) in [5.74, 6) is 0.161. The van der Waals surface area contributed by atoms with Crippen LogP contribution in [0.3, 0.4) is 0 Å². The third-order valence-electron chi connectivity index (χ3n) is 4.05. The van der Waals surface area contributed by atoms with E-state index >= 15 is 0 Å². The molecule has 0 saturated carbocycles. The van der Waals surface area contributed by atoms with Crippen LogP contribution in [0.15, 0.2) is 65.7 Å². The van der Waals surface area contributed by atoms with E-state index in [1.165, 1.54) is 5.56 Å². The largest absolute Gasteiger partial charge is 0.325 e. The molecule has 2 aromatic carbocycles. The van der Waals surface area contributed by atoms with Gasteiger partial charge < -0.3 is 5.32 Å². The lowest BCUT2D eigenvalue weighted by atomic mass is 10.0. The molecule has 0 bridgehead atoms. The molecule has 2 heterocycles. The Labute approximate surface area is 139 Å². The van der Waals surface area contributed by atoms with E-state index in [0.29, 0.717) is 5.82 Å². The Morgan fingerprint density at radius 2 is 1.88 bits per heavy atom. The van der Waals surface area contributed by atoms with Crippen LogP contribution >= 0.6 is 0 Å². The number of carbonyl (C=O) groups is 1. The highest BCUT2D eigenvalue weighted by atomic mass is 16.2. The van der Waals surface area contributed by atoms with Gasteiger partial charge in [-0.2, -0.15) is 5.10 Å². The summed E-state index contributed by atoms with van der Waals surface area (Å²) in [6.07, 6.45) is 2.43. The van der Waals surface area contributed by atoms with Gasteiger partial charge in [0.05, 0.1) is 0 Å². The van der Waals surface area contributed by atoms with Crippen molar-refractivity contribution in [2.45, 2.75) is 12.3 Å². The first kappa shape index (κ1) is 14.4. The minimum absolute atomic E-state index is 0.0556. The fourth-order valence-corrected chi connectivity index (χ4v) is 2.85. The van der Waals surface area contributed by atoms with E-state index in [-0.39, 0.29) is 11.8 Å². The van der Waals surface area contributed by atoms with Crippen LogP contribution in [0.2, 0.25) is 0 Å².